The highest BCUT2D eigenvalue weighted by atomic mass is 79.9. The molecule has 0 bridgehead atoms. The minimum atomic E-state index is -0.467. The van der Waals surface area contributed by atoms with Crippen LogP contribution in [-0.2, 0) is 9.63 Å². The molecular formula is C18H27BrN2O2. The molecular weight excluding hydrogens is 356 g/mol. The highest BCUT2D eigenvalue weighted by Gasteiger charge is 2.33. The van der Waals surface area contributed by atoms with Crippen LogP contribution in [-0.4, -0.2) is 29.7 Å². The number of carbonyl (C=O) groups excluding carboxylic acids is 1. The van der Waals surface area contributed by atoms with Gasteiger partial charge in [-0.1, -0.05) is 22.9 Å². The number of hydrogen-bond donors (Lipinski definition) is 1. The number of piperidine rings is 1. The van der Waals surface area contributed by atoms with E-state index in [2.05, 4.69) is 40.3 Å². The van der Waals surface area contributed by atoms with E-state index in [-0.39, 0.29) is 12.0 Å². The summed E-state index contributed by atoms with van der Waals surface area (Å²) in [6.45, 7) is 8.58. The average Bonchev–Trinajstić information content (AvgIpc) is 2.50. The Morgan fingerprint density at radius 2 is 2.00 bits per heavy atom. The highest BCUT2D eigenvalue weighted by molar-refractivity contribution is 9.10. The summed E-state index contributed by atoms with van der Waals surface area (Å²) >= 11 is 3.46. The van der Waals surface area contributed by atoms with E-state index >= 15 is 0 Å². The number of benzene rings is 1. The van der Waals surface area contributed by atoms with Gasteiger partial charge in [0.05, 0.1) is 5.41 Å². The van der Waals surface area contributed by atoms with Crippen molar-refractivity contribution in [2.75, 3.05) is 11.9 Å². The maximum atomic E-state index is 12.1. The predicted molar refractivity (Wildman–Crippen MR) is 97.1 cm³/mol. The van der Waals surface area contributed by atoms with Gasteiger partial charge in [0.1, 0.15) is 0 Å². The SMILES string of the molecule is CCC1CC(Nc2ccc(Br)cc2)CCN1OC(=O)C(C)(C)C. The quantitative estimate of drug-likeness (QED) is 0.825. The average molecular weight is 383 g/mol. The predicted octanol–water partition coefficient (Wildman–Crippen LogP) is 4.61. The molecule has 0 spiro atoms. The van der Waals surface area contributed by atoms with Crippen molar-refractivity contribution >= 4 is 27.6 Å². The van der Waals surface area contributed by atoms with Crippen LogP contribution < -0.4 is 5.32 Å². The topological polar surface area (TPSA) is 41.6 Å². The van der Waals surface area contributed by atoms with Crippen molar-refractivity contribution in [1.82, 2.24) is 5.06 Å². The molecule has 0 saturated carbocycles. The summed E-state index contributed by atoms with van der Waals surface area (Å²) in [5, 5.41) is 5.47. The number of carbonyl (C=O) groups is 1. The van der Waals surface area contributed by atoms with E-state index in [0.29, 0.717) is 6.04 Å². The van der Waals surface area contributed by atoms with Crippen molar-refractivity contribution < 1.29 is 9.63 Å². The summed E-state index contributed by atoms with van der Waals surface area (Å²) in [5.41, 5.74) is 0.665. The molecule has 1 fully saturated rings. The zero-order valence-electron chi connectivity index (χ0n) is 14.4. The third kappa shape index (κ3) is 5.21. The number of halogens is 1. The van der Waals surface area contributed by atoms with Crippen LogP contribution in [0.5, 0.6) is 0 Å². The lowest BCUT2D eigenvalue weighted by atomic mass is 9.96. The lowest BCUT2D eigenvalue weighted by Gasteiger charge is -2.39. The number of anilines is 1. The van der Waals surface area contributed by atoms with Crippen molar-refractivity contribution in [2.45, 2.75) is 59.0 Å². The van der Waals surface area contributed by atoms with Crippen LogP contribution in [0.15, 0.2) is 28.7 Å². The molecule has 1 heterocycles. The van der Waals surface area contributed by atoms with Gasteiger partial charge in [0.15, 0.2) is 0 Å². The maximum Gasteiger partial charge on any atom is 0.330 e. The summed E-state index contributed by atoms with van der Waals surface area (Å²) < 4.78 is 1.08. The van der Waals surface area contributed by atoms with E-state index < -0.39 is 5.41 Å². The Balaban J connectivity index is 1.93. The summed E-state index contributed by atoms with van der Waals surface area (Å²) in [4.78, 5) is 17.7. The van der Waals surface area contributed by atoms with Crippen LogP contribution in [0.1, 0.15) is 47.0 Å². The molecule has 0 radical (unpaired) electrons. The molecule has 4 nitrogen and oxygen atoms in total. The normalized spacial score (nSPS) is 22.7. The molecule has 1 aromatic rings. The van der Waals surface area contributed by atoms with Crippen molar-refractivity contribution in [3.8, 4) is 0 Å². The van der Waals surface area contributed by atoms with E-state index in [0.717, 1.165) is 36.0 Å². The largest absolute Gasteiger partial charge is 0.382 e. The number of nitrogens with zero attached hydrogens (tertiary/aromatic N) is 1. The molecule has 2 atom stereocenters. The number of hydroxylamine groups is 2. The van der Waals surface area contributed by atoms with Crippen LogP contribution in [0.4, 0.5) is 5.69 Å². The Labute approximate surface area is 147 Å². The second-order valence-electron chi connectivity index (χ2n) is 7.20. The van der Waals surface area contributed by atoms with Gasteiger partial charge in [-0.2, -0.15) is 0 Å². The van der Waals surface area contributed by atoms with Gasteiger partial charge >= 0.3 is 5.97 Å². The van der Waals surface area contributed by atoms with Gasteiger partial charge in [-0.05, 0) is 64.3 Å². The molecule has 128 valence electrons. The Hall–Kier alpha value is -1.07. The van der Waals surface area contributed by atoms with Crippen LogP contribution in [0, 0.1) is 5.41 Å². The van der Waals surface area contributed by atoms with Gasteiger partial charge in [-0.3, -0.25) is 0 Å². The fourth-order valence-electron chi connectivity index (χ4n) is 2.68. The Bertz CT molecular complexity index is 525. The zero-order chi connectivity index (χ0) is 17.0. The summed E-state index contributed by atoms with van der Waals surface area (Å²) in [6.07, 6.45) is 2.91. The Morgan fingerprint density at radius 1 is 1.35 bits per heavy atom. The first-order chi connectivity index (χ1) is 10.8. The molecule has 1 aromatic carbocycles. The number of rotatable bonds is 4. The van der Waals surface area contributed by atoms with Crippen molar-refractivity contribution in [1.29, 1.82) is 0 Å². The molecule has 23 heavy (non-hydrogen) atoms. The molecule has 0 aromatic heterocycles. The monoisotopic (exact) mass is 382 g/mol. The molecule has 0 aliphatic carbocycles. The minimum absolute atomic E-state index is 0.157. The third-order valence-corrected chi connectivity index (χ3v) is 4.69. The number of hydrogen-bond acceptors (Lipinski definition) is 4. The first-order valence-electron chi connectivity index (χ1n) is 8.30. The molecule has 2 unspecified atom stereocenters. The second-order valence-corrected chi connectivity index (χ2v) is 8.12. The van der Waals surface area contributed by atoms with E-state index in [9.17, 15) is 4.79 Å². The summed E-state index contributed by atoms with van der Waals surface area (Å²) in [6, 6.07) is 8.92. The van der Waals surface area contributed by atoms with Gasteiger partial charge in [0, 0.05) is 28.8 Å². The van der Waals surface area contributed by atoms with E-state index in [1.807, 2.05) is 38.0 Å². The van der Waals surface area contributed by atoms with Gasteiger partial charge < -0.3 is 10.2 Å². The van der Waals surface area contributed by atoms with Gasteiger partial charge in [0.2, 0.25) is 0 Å². The smallest absolute Gasteiger partial charge is 0.330 e. The lowest BCUT2D eigenvalue weighted by molar-refractivity contribution is -0.217. The first-order valence-corrected chi connectivity index (χ1v) is 9.10. The van der Waals surface area contributed by atoms with Gasteiger partial charge in [-0.25, -0.2) is 4.79 Å². The van der Waals surface area contributed by atoms with E-state index in [1.54, 1.807) is 0 Å². The van der Waals surface area contributed by atoms with Crippen molar-refractivity contribution in [2.24, 2.45) is 5.41 Å². The molecule has 1 aliphatic heterocycles. The zero-order valence-corrected chi connectivity index (χ0v) is 16.0. The van der Waals surface area contributed by atoms with E-state index in [4.69, 9.17) is 4.84 Å². The maximum absolute atomic E-state index is 12.1. The molecule has 1 aliphatic rings. The standard InChI is InChI=1S/C18H27BrN2O2/c1-5-16-12-15(20-14-8-6-13(19)7-9-14)10-11-21(16)23-17(22)18(2,3)4/h6-9,15-16,20H,5,10-12H2,1-4H3. The van der Waals surface area contributed by atoms with Crippen LogP contribution in [0.2, 0.25) is 0 Å². The molecule has 0 amide bonds. The second kappa shape index (κ2) is 7.67. The van der Waals surface area contributed by atoms with Crippen molar-refractivity contribution in [3.05, 3.63) is 28.7 Å². The third-order valence-electron chi connectivity index (χ3n) is 4.16. The Morgan fingerprint density at radius 3 is 2.57 bits per heavy atom. The highest BCUT2D eigenvalue weighted by Crippen LogP contribution is 2.26. The molecule has 1 saturated heterocycles. The number of nitrogens with one attached hydrogen (secondary N) is 1. The molecule has 1 N–H and O–H groups in total. The van der Waals surface area contributed by atoms with Gasteiger partial charge in [-0.15, -0.1) is 5.06 Å². The van der Waals surface area contributed by atoms with Gasteiger partial charge in [0.25, 0.3) is 0 Å². The summed E-state index contributed by atoms with van der Waals surface area (Å²) in [5.74, 6) is -0.157. The first kappa shape index (κ1) is 18.3. The van der Waals surface area contributed by atoms with Crippen LogP contribution >= 0.6 is 15.9 Å². The minimum Gasteiger partial charge on any atom is -0.382 e. The fraction of sp³-hybridized carbons (Fsp3) is 0.611. The summed E-state index contributed by atoms with van der Waals surface area (Å²) in [7, 11) is 0. The van der Waals surface area contributed by atoms with Crippen LogP contribution in [0.3, 0.4) is 0 Å². The van der Waals surface area contributed by atoms with Crippen molar-refractivity contribution in [3.63, 3.8) is 0 Å². The molecule has 2 rings (SSSR count). The van der Waals surface area contributed by atoms with Crippen LogP contribution in [0.25, 0.3) is 0 Å². The Kier molecular flexibility index (Phi) is 6.09. The fourth-order valence-corrected chi connectivity index (χ4v) is 2.94. The van der Waals surface area contributed by atoms with E-state index in [1.165, 1.54) is 0 Å². The lowest BCUT2D eigenvalue weighted by Crippen LogP contribution is -2.48. The molecule has 5 heteroatoms.